The van der Waals surface area contributed by atoms with Crippen molar-refractivity contribution in [2.75, 3.05) is 20.2 Å². The molecule has 0 bridgehead atoms. The largest absolute Gasteiger partial charge is 0.473 e. The molecule has 0 spiro atoms. The number of carbonyl (C=O) groups excluding carboxylic acids is 2. The minimum Gasteiger partial charge on any atom is -0.473 e. The molecule has 3 rings (SSSR count). The Balaban J connectivity index is 1.57. The summed E-state index contributed by atoms with van der Waals surface area (Å²) in [5.74, 6) is 0.486. The first kappa shape index (κ1) is 23.6. The second-order valence-electron chi connectivity index (χ2n) is 9.06. The van der Waals surface area contributed by atoms with Crippen molar-refractivity contribution < 1.29 is 23.8 Å². The summed E-state index contributed by atoms with van der Waals surface area (Å²) < 4.78 is 16.2. The van der Waals surface area contributed by atoms with Gasteiger partial charge in [-0.1, -0.05) is 12.1 Å². The van der Waals surface area contributed by atoms with Gasteiger partial charge in [0.1, 0.15) is 12.2 Å². The summed E-state index contributed by atoms with van der Waals surface area (Å²) in [7, 11) is 1.37. The van der Waals surface area contributed by atoms with Crippen LogP contribution in [0.25, 0.3) is 0 Å². The molecule has 0 atom stereocenters. The molecule has 2 aromatic rings. The van der Waals surface area contributed by atoms with Crippen molar-refractivity contribution in [3.8, 4) is 5.88 Å². The van der Waals surface area contributed by atoms with Gasteiger partial charge in [0.2, 0.25) is 5.88 Å². The van der Waals surface area contributed by atoms with Gasteiger partial charge in [-0.2, -0.15) is 0 Å². The zero-order valence-electron chi connectivity index (χ0n) is 19.5. The van der Waals surface area contributed by atoms with Crippen LogP contribution in [0.1, 0.15) is 66.7 Å². The van der Waals surface area contributed by atoms with E-state index < -0.39 is 5.60 Å². The zero-order chi connectivity index (χ0) is 23.3. The molecule has 1 aromatic heterocycles. The Bertz CT molecular complexity index is 959. The third-order valence-corrected chi connectivity index (χ3v) is 5.45. The highest BCUT2D eigenvalue weighted by Crippen LogP contribution is 2.29. The summed E-state index contributed by atoms with van der Waals surface area (Å²) in [6.07, 6.45) is 1.42. The summed E-state index contributed by atoms with van der Waals surface area (Å²) in [5.41, 5.74) is 2.95. The summed E-state index contributed by atoms with van der Waals surface area (Å²) in [5, 5.41) is 0. The van der Waals surface area contributed by atoms with Gasteiger partial charge in [-0.05, 0) is 69.9 Å². The number of carbonyl (C=O) groups is 2. The Kier molecular flexibility index (Phi) is 7.38. The number of pyridine rings is 1. The molecule has 2 heterocycles. The zero-order valence-corrected chi connectivity index (χ0v) is 19.5. The number of aromatic nitrogens is 1. The molecule has 7 nitrogen and oxygen atoms in total. The molecule has 7 heteroatoms. The Morgan fingerprint density at radius 1 is 1.12 bits per heavy atom. The molecule has 1 fully saturated rings. The highest BCUT2D eigenvalue weighted by atomic mass is 16.6. The minimum atomic E-state index is -0.487. The topological polar surface area (TPSA) is 78.0 Å². The maximum absolute atomic E-state index is 12.3. The smallest absolute Gasteiger partial charge is 0.410 e. The van der Waals surface area contributed by atoms with Crippen molar-refractivity contribution in [1.29, 1.82) is 0 Å². The number of ether oxygens (including phenoxy) is 3. The van der Waals surface area contributed by atoms with Crippen molar-refractivity contribution >= 4 is 12.1 Å². The molecule has 1 aliphatic rings. The molecule has 0 radical (unpaired) electrons. The van der Waals surface area contributed by atoms with E-state index in [4.69, 9.17) is 19.2 Å². The SMILES string of the molecule is COC(=O)c1ccc(COc2cccc(C3CCN(C(=O)OC(C)(C)C)CC3)n2)c(C)c1. The van der Waals surface area contributed by atoms with Crippen LogP contribution in [-0.4, -0.2) is 47.7 Å². The summed E-state index contributed by atoms with van der Waals surface area (Å²) >= 11 is 0. The molecule has 1 amide bonds. The van der Waals surface area contributed by atoms with Gasteiger partial charge in [0.25, 0.3) is 0 Å². The number of hydrogen-bond acceptors (Lipinski definition) is 6. The number of methoxy groups -OCH3 is 1. The fraction of sp³-hybridized carbons (Fsp3) is 0.480. The molecule has 0 N–H and O–H groups in total. The first-order valence-electron chi connectivity index (χ1n) is 10.9. The molecule has 0 aliphatic carbocycles. The lowest BCUT2D eigenvalue weighted by atomic mass is 9.93. The number of nitrogens with zero attached hydrogens (tertiary/aromatic N) is 2. The van der Waals surface area contributed by atoms with Crippen LogP contribution in [-0.2, 0) is 16.1 Å². The van der Waals surface area contributed by atoms with Gasteiger partial charge in [-0.25, -0.2) is 14.6 Å². The second-order valence-corrected chi connectivity index (χ2v) is 9.06. The first-order chi connectivity index (χ1) is 15.2. The third kappa shape index (κ3) is 6.22. The summed E-state index contributed by atoms with van der Waals surface area (Å²) in [4.78, 5) is 30.4. The quantitative estimate of drug-likeness (QED) is 0.617. The van der Waals surface area contributed by atoms with Gasteiger partial charge in [0, 0.05) is 30.8 Å². The van der Waals surface area contributed by atoms with E-state index in [2.05, 4.69) is 0 Å². The maximum atomic E-state index is 12.3. The normalized spacial score (nSPS) is 14.7. The molecular weight excluding hydrogens is 408 g/mol. The van der Waals surface area contributed by atoms with E-state index in [1.54, 1.807) is 17.0 Å². The highest BCUT2D eigenvalue weighted by molar-refractivity contribution is 5.89. The van der Waals surface area contributed by atoms with Crippen molar-refractivity contribution in [3.05, 3.63) is 58.8 Å². The number of amides is 1. The van der Waals surface area contributed by atoms with E-state index in [1.165, 1.54) is 7.11 Å². The average molecular weight is 441 g/mol. The van der Waals surface area contributed by atoms with Crippen LogP contribution in [0.2, 0.25) is 0 Å². The van der Waals surface area contributed by atoms with Gasteiger partial charge < -0.3 is 19.1 Å². The Hall–Kier alpha value is -3.09. The lowest BCUT2D eigenvalue weighted by molar-refractivity contribution is 0.0203. The van der Waals surface area contributed by atoms with Gasteiger partial charge in [-0.15, -0.1) is 0 Å². The van der Waals surface area contributed by atoms with Gasteiger partial charge in [0.05, 0.1) is 12.7 Å². The van der Waals surface area contributed by atoms with Crippen LogP contribution in [0.5, 0.6) is 5.88 Å². The van der Waals surface area contributed by atoms with Crippen molar-refractivity contribution in [2.24, 2.45) is 0 Å². The van der Waals surface area contributed by atoms with Crippen LogP contribution < -0.4 is 4.74 Å². The number of piperidine rings is 1. The van der Waals surface area contributed by atoms with Crippen molar-refractivity contribution in [1.82, 2.24) is 9.88 Å². The Morgan fingerprint density at radius 2 is 1.84 bits per heavy atom. The Morgan fingerprint density at radius 3 is 2.47 bits per heavy atom. The lowest BCUT2D eigenvalue weighted by Crippen LogP contribution is -2.41. The second kappa shape index (κ2) is 10.0. The predicted molar refractivity (Wildman–Crippen MR) is 121 cm³/mol. The summed E-state index contributed by atoms with van der Waals surface area (Å²) in [6.45, 7) is 9.23. The molecule has 32 heavy (non-hydrogen) atoms. The number of benzene rings is 1. The van der Waals surface area contributed by atoms with Crippen LogP contribution in [0.15, 0.2) is 36.4 Å². The molecule has 172 valence electrons. The number of rotatable bonds is 5. The van der Waals surface area contributed by atoms with E-state index in [1.807, 2.05) is 52.0 Å². The fourth-order valence-electron chi connectivity index (χ4n) is 3.68. The highest BCUT2D eigenvalue weighted by Gasteiger charge is 2.28. The van der Waals surface area contributed by atoms with Crippen LogP contribution >= 0.6 is 0 Å². The van der Waals surface area contributed by atoms with E-state index in [-0.39, 0.29) is 18.0 Å². The fourth-order valence-corrected chi connectivity index (χ4v) is 3.68. The summed E-state index contributed by atoms with van der Waals surface area (Å²) in [6, 6.07) is 11.2. The molecule has 1 saturated heterocycles. The molecular formula is C25H32N2O5. The average Bonchev–Trinajstić information content (AvgIpc) is 2.77. The number of hydrogen-bond donors (Lipinski definition) is 0. The Labute approximate surface area is 189 Å². The van der Waals surface area contributed by atoms with E-state index in [0.29, 0.717) is 31.1 Å². The molecule has 1 aliphatic heterocycles. The maximum Gasteiger partial charge on any atom is 0.410 e. The number of likely N-dealkylation sites (tertiary alicyclic amines) is 1. The number of aryl methyl sites for hydroxylation is 1. The lowest BCUT2D eigenvalue weighted by Gasteiger charge is -2.33. The van der Waals surface area contributed by atoms with Gasteiger partial charge in [-0.3, -0.25) is 0 Å². The van der Waals surface area contributed by atoms with Crippen LogP contribution in [0.4, 0.5) is 4.79 Å². The van der Waals surface area contributed by atoms with Gasteiger partial charge >= 0.3 is 12.1 Å². The van der Waals surface area contributed by atoms with E-state index in [9.17, 15) is 9.59 Å². The molecule has 1 aromatic carbocycles. The molecule has 0 unspecified atom stereocenters. The minimum absolute atomic E-state index is 0.255. The van der Waals surface area contributed by atoms with E-state index >= 15 is 0 Å². The van der Waals surface area contributed by atoms with Crippen LogP contribution in [0, 0.1) is 6.92 Å². The predicted octanol–water partition coefficient (Wildman–Crippen LogP) is 4.87. The molecule has 0 saturated carbocycles. The van der Waals surface area contributed by atoms with E-state index in [0.717, 1.165) is 29.7 Å². The number of esters is 1. The van der Waals surface area contributed by atoms with Crippen molar-refractivity contribution in [2.45, 2.75) is 58.7 Å². The van der Waals surface area contributed by atoms with Crippen molar-refractivity contribution in [3.63, 3.8) is 0 Å². The monoisotopic (exact) mass is 440 g/mol. The third-order valence-electron chi connectivity index (χ3n) is 5.45. The standard InChI is InChI=1S/C25H32N2O5/c1-17-15-19(23(28)30-5)9-10-20(17)16-31-22-8-6-7-21(26-22)18-11-13-27(14-12-18)24(29)32-25(2,3)4/h6-10,15,18H,11-14,16H2,1-5H3. The van der Waals surface area contributed by atoms with Gasteiger partial charge in [0.15, 0.2) is 0 Å². The van der Waals surface area contributed by atoms with Crippen LogP contribution in [0.3, 0.4) is 0 Å². The first-order valence-corrected chi connectivity index (χ1v) is 10.9.